The standard InChI is InChI=1S/C21H21NO4/c1-14-5-4-6-17(13-14)26-16-11-9-15(10-12-16)22-20(23)18-7-2-3-8-19(18)21(24)25/h2-6,9-13,18-19H,7-8H2,1H3,(H,22,23)(H,24,25)/t18-,19+/m1/s1. The molecule has 0 heterocycles. The fraction of sp³-hybridized carbons (Fsp3) is 0.238. The van der Waals surface area contributed by atoms with Crippen molar-refractivity contribution < 1.29 is 19.4 Å². The van der Waals surface area contributed by atoms with Crippen molar-refractivity contribution in [1.29, 1.82) is 0 Å². The average molecular weight is 351 g/mol. The minimum atomic E-state index is -0.934. The highest BCUT2D eigenvalue weighted by Gasteiger charge is 2.33. The van der Waals surface area contributed by atoms with E-state index in [4.69, 9.17) is 4.74 Å². The number of benzene rings is 2. The molecule has 0 spiro atoms. The Labute approximate surface area is 152 Å². The number of hydrogen-bond acceptors (Lipinski definition) is 3. The van der Waals surface area contributed by atoms with Crippen LogP contribution in [-0.4, -0.2) is 17.0 Å². The molecule has 1 aliphatic rings. The van der Waals surface area contributed by atoms with Crippen molar-refractivity contribution in [3.05, 3.63) is 66.2 Å². The fourth-order valence-electron chi connectivity index (χ4n) is 3.03. The van der Waals surface area contributed by atoms with Crippen molar-refractivity contribution in [2.75, 3.05) is 5.32 Å². The van der Waals surface area contributed by atoms with Crippen LogP contribution in [0.25, 0.3) is 0 Å². The molecule has 0 unspecified atom stereocenters. The van der Waals surface area contributed by atoms with Crippen LogP contribution >= 0.6 is 0 Å². The number of nitrogens with one attached hydrogen (secondary N) is 1. The van der Waals surface area contributed by atoms with Gasteiger partial charge in [0.1, 0.15) is 11.5 Å². The van der Waals surface area contributed by atoms with Gasteiger partial charge in [-0.1, -0.05) is 24.3 Å². The minimum absolute atomic E-state index is 0.269. The van der Waals surface area contributed by atoms with Crippen LogP contribution in [0.3, 0.4) is 0 Å². The lowest BCUT2D eigenvalue weighted by Gasteiger charge is -2.24. The first-order chi connectivity index (χ1) is 12.5. The van der Waals surface area contributed by atoms with Gasteiger partial charge in [-0.15, -0.1) is 0 Å². The molecule has 0 radical (unpaired) electrons. The molecule has 0 aliphatic heterocycles. The number of aryl methyl sites for hydroxylation is 1. The van der Waals surface area contributed by atoms with Crippen LogP contribution in [0.5, 0.6) is 11.5 Å². The van der Waals surface area contributed by atoms with Crippen molar-refractivity contribution >= 4 is 17.6 Å². The van der Waals surface area contributed by atoms with Gasteiger partial charge < -0.3 is 15.2 Å². The Bertz CT molecular complexity index is 826. The number of aliphatic carboxylic acids is 1. The molecule has 0 saturated heterocycles. The van der Waals surface area contributed by atoms with E-state index in [1.54, 1.807) is 24.3 Å². The molecule has 3 rings (SSSR count). The van der Waals surface area contributed by atoms with E-state index in [1.807, 2.05) is 43.3 Å². The summed E-state index contributed by atoms with van der Waals surface area (Å²) in [5, 5.41) is 12.1. The Hall–Kier alpha value is -3.08. The SMILES string of the molecule is Cc1cccc(Oc2ccc(NC(=O)[C@@H]3CC=CC[C@@H]3C(=O)O)cc2)c1. The van der Waals surface area contributed by atoms with Gasteiger partial charge in [-0.05, 0) is 61.7 Å². The predicted octanol–water partition coefficient (Wildman–Crippen LogP) is 4.39. The monoisotopic (exact) mass is 351 g/mol. The van der Waals surface area contributed by atoms with E-state index in [0.717, 1.165) is 11.3 Å². The van der Waals surface area contributed by atoms with Gasteiger partial charge in [-0.2, -0.15) is 0 Å². The van der Waals surface area contributed by atoms with Crippen LogP contribution in [0.1, 0.15) is 18.4 Å². The molecule has 0 saturated carbocycles. The number of amides is 1. The van der Waals surface area contributed by atoms with Crippen LogP contribution in [0.4, 0.5) is 5.69 Å². The lowest BCUT2D eigenvalue weighted by atomic mass is 9.82. The van der Waals surface area contributed by atoms with E-state index >= 15 is 0 Å². The maximum atomic E-state index is 12.5. The topological polar surface area (TPSA) is 75.6 Å². The summed E-state index contributed by atoms with van der Waals surface area (Å²) in [6.07, 6.45) is 4.51. The van der Waals surface area contributed by atoms with Gasteiger partial charge in [0, 0.05) is 5.69 Å². The molecule has 0 bridgehead atoms. The summed E-state index contributed by atoms with van der Waals surface area (Å²) in [5.41, 5.74) is 1.73. The summed E-state index contributed by atoms with van der Waals surface area (Å²) in [6, 6.07) is 14.8. The molecule has 5 nitrogen and oxygen atoms in total. The normalized spacial score (nSPS) is 19.0. The van der Waals surface area contributed by atoms with Gasteiger partial charge in [-0.25, -0.2) is 0 Å². The Morgan fingerprint density at radius 1 is 1.00 bits per heavy atom. The van der Waals surface area contributed by atoms with Crippen LogP contribution in [0.2, 0.25) is 0 Å². The number of allylic oxidation sites excluding steroid dienone is 2. The van der Waals surface area contributed by atoms with Crippen molar-refractivity contribution in [2.45, 2.75) is 19.8 Å². The first kappa shape index (κ1) is 17.7. The summed E-state index contributed by atoms with van der Waals surface area (Å²) in [5.74, 6) is -1.02. The van der Waals surface area contributed by atoms with Crippen LogP contribution in [0, 0.1) is 18.8 Å². The summed E-state index contributed by atoms with van der Waals surface area (Å²) in [6.45, 7) is 2.00. The molecule has 2 aromatic carbocycles. The van der Waals surface area contributed by atoms with Gasteiger partial charge >= 0.3 is 5.97 Å². The Morgan fingerprint density at radius 3 is 2.35 bits per heavy atom. The Kier molecular flexibility index (Phi) is 5.37. The quantitative estimate of drug-likeness (QED) is 0.783. The number of hydrogen-bond donors (Lipinski definition) is 2. The van der Waals surface area contributed by atoms with E-state index in [-0.39, 0.29) is 5.91 Å². The largest absolute Gasteiger partial charge is 0.481 e. The predicted molar refractivity (Wildman–Crippen MR) is 99.3 cm³/mol. The van der Waals surface area contributed by atoms with Crippen LogP contribution in [-0.2, 0) is 9.59 Å². The van der Waals surface area contributed by atoms with Crippen LogP contribution < -0.4 is 10.1 Å². The molecule has 2 aromatic rings. The Balaban J connectivity index is 1.64. The third-order valence-corrected chi connectivity index (χ3v) is 4.43. The molecule has 26 heavy (non-hydrogen) atoms. The molecular weight excluding hydrogens is 330 g/mol. The van der Waals surface area contributed by atoms with Crippen molar-refractivity contribution in [3.63, 3.8) is 0 Å². The smallest absolute Gasteiger partial charge is 0.307 e. The Morgan fingerprint density at radius 2 is 1.69 bits per heavy atom. The summed E-state index contributed by atoms with van der Waals surface area (Å²) in [7, 11) is 0. The number of anilines is 1. The first-order valence-corrected chi connectivity index (χ1v) is 8.56. The van der Waals surface area contributed by atoms with E-state index in [2.05, 4.69) is 5.32 Å². The number of carbonyl (C=O) groups excluding carboxylic acids is 1. The highest BCUT2D eigenvalue weighted by atomic mass is 16.5. The number of ether oxygens (including phenoxy) is 1. The zero-order valence-electron chi connectivity index (χ0n) is 14.5. The van der Waals surface area contributed by atoms with Gasteiger partial charge in [0.15, 0.2) is 0 Å². The molecule has 0 aromatic heterocycles. The van der Waals surface area contributed by atoms with E-state index in [1.165, 1.54) is 0 Å². The fourth-order valence-corrected chi connectivity index (χ4v) is 3.03. The van der Waals surface area contributed by atoms with Crippen molar-refractivity contribution in [1.82, 2.24) is 0 Å². The van der Waals surface area contributed by atoms with E-state index < -0.39 is 17.8 Å². The van der Waals surface area contributed by atoms with Gasteiger partial charge in [0.2, 0.25) is 5.91 Å². The van der Waals surface area contributed by atoms with Crippen LogP contribution in [0.15, 0.2) is 60.7 Å². The molecular formula is C21H21NO4. The molecule has 5 heteroatoms. The third-order valence-electron chi connectivity index (χ3n) is 4.43. The minimum Gasteiger partial charge on any atom is -0.481 e. The highest BCUT2D eigenvalue weighted by Crippen LogP contribution is 2.28. The molecule has 134 valence electrons. The van der Waals surface area contributed by atoms with E-state index in [0.29, 0.717) is 24.3 Å². The number of rotatable bonds is 5. The second-order valence-electron chi connectivity index (χ2n) is 6.43. The number of carbonyl (C=O) groups is 2. The maximum Gasteiger partial charge on any atom is 0.307 e. The number of carboxylic acids is 1. The third kappa shape index (κ3) is 4.30. The summed E-state index contributed by atoms with van der Waals surface area (Å²) >= 11 is 0. The van der Waals surface area contributed by atoms with Gasteiger partial charge in [0.25, 0.3) is 0 Å². The zero-order chi connectivity index (χ0) is 18.5. The molecule has 2 atom stereocenters. The second-order valence-corrected chi connectivity index (χ2v) is 6.43. The van der Waals surface area contributed by atoms with Crippen molar-refractivity contribution in [2.24, 2.45) is 11.8 Å². The molecule has 1 amide bonds. The van der Waals surface area contributed by atoms with Gasteiger partial charge in [-0.3, -0.25) is 9.59 Å². The zero-order valence-corrected chi connectivity index (χ0v) is 14.5. The average Bonchev–Trinajstić information content (AvgIpc) is 2.63. The molecule has 0 fully saturated rings. The van der Waals surface area contributed by atoms with E-state index in [9.17, 15) is 14.7 Å². The first-order valence-electron chi connectivity index (χ1n) is 8.56. The van der Waals surface area contributed by atoms with Crippen molar-refractivity contribution in [3.8, 4) is 11.5 Å². The summed E-state index contributed by atoms with van der Waals surface area (Å²) < 4.78 is 5.78. The maximum absolute atomic E-state index is 12.5. The second kappa shape index (κ2) is 7.87. The lowest BCUT2D eigenvalue weighted by molar-refractivity contribution is -0.146. The molecule has 2 N–H and O–H groups in total. The molecule has 1 aliphatic carbocycles. The highest BCUT2D eigenvalue weighted by molar-refractivity contribution is 5.95. The van der Waals surface area contributed by atoms with Gasteiger partial charge in [0.05, 0.1) is 11.8 Å². The number of carboxylic acid groups (broad SMARTS) is 1. The lowest BCUT2D eigenvalue weighted by Crippen LogP contribution is -2.34. The summed E-state index contributed by atoms with van der Waals surface area (Å²) in [4.78, 5) is 23.8.